The van der Waals surface area contributed by atoms with Crippen molar-refractivity contribution in [3.8, 4) is 0 Å². The first-order valence-corrected chi connectivity index (χ1v) is 7.49. The van der Waals surface area contributed by atoms with E-state index in [1.165, 1.54) is 18.0 Å². The summed E-state index contributed by atoms with van der Waals surface area (Å²) in [7, 11) is 0. The largest absolute Gasteiger partial charge is 0.305 e. The number of halogens is 2. The highest BCUT2D eigenvalue weighted by Gasteiger charge is 2.14. The highest BCUT2D eigenvalue weighted by atomic mass is 79.9. The van der Waals surface area contributed by atoms with E-state index in [4.69, 9.17) is 11.6 Å². The quantitative estimate of drug-likeness (QED) is 0.673. The lowest BCUT2D eigenvalue weighted by Crippen LogP contribution is -2.15. The van der Waals surface area contributed by atoms with Crippen molar-refractivity contribution >= 4 is 51.0 Å². The molecule has 2 aromatic heterocycles. The van der Waals surface area contributed by atoms with Crippen LogP contribution in [0.25, 0.3) is 0 Å². The summed E-state index contributed by atoms with van der Waals surface area (Å²) in [6.07, 6.45) is 4.82. The van der Waals surface area contributed by atoms with E-state index in [0.717, 1.165) is 4.47 Å². The van der Waals surface area contributed by atoms with Gasteiger partial charge < -0.3 is 5.32 Å². The van der Waals surface area contributed by atoms with E-state index in [1.807, 2.05) is 6.26 Å². The molecule has 2 aromatic rings. The summed E-state index contributed by atoms with van der Waals surface area (Å²) >= 11 is 10.5. The zero-order valence-electron chi connectivity index (χ0n) is 9.72. The third-order valence-electron chi connectivity index (χ3n) is 2.09. The maximum atomic E-state index is 12.0. The molecule has 0 aliphatic carbocycles. The second-order valence-electron chi connectivity index (χ2n) is 3.37. The lowest BCUT2D eigenvalue weighted by molar-refractivity contribution is 0.102. The van der Waals surface area contributed by atoms with Crippen molar-refractivity contribution in [3.63, 3.8) is 0 Å². The van der Waals surface area contributed by atoms with E-state index >= 15 is 0 Å². The average Bonchev–Trinajstić information content (AvgIpc) is 2.42. The smallest absolute Gasteiger partial charge is 0.277 e. The third-order valence-corrected chi connectivity index (χ3v) is 3.40. The van der Waals surface area contributed by atoms with Gasteiger partial charge in [-0.3, -0.25) is 4.79 Å². The molecule has 0 unspecified atom stereocenters. The Labute approximate surface area is 127 Å². The Hall–Kier alpha value is -1.18. The number of thioether (sulfide) groups is 1. The van der Waals surface area contributed by atoms with Gasteiger partial charge in [-0.1, -0.05) is 23.4 Å². The van der Waals surface area contributed by atoms with Gasteiger partial charge in [0.25, 0.3) is 5.91 Å². The molecule has 1 N–H and O–H groups in total. The van der Waals surface area contributed by atoms with Gasteiger partial charge in [-0.05, 0) is 34.3 Å². The summed E-state index contributed by atoms with van der Waals surface area (Å²) < 4.78 is 0.829. The fourth-order valence-corrected chi connectivity index (χ4v) is 1.99. The van der Waals surface area contributed by atoms with Crippen LogP contribution in [0, 0.1) is 0 Å². The highest BCUT2D eigenvalue weighted by Crippen LogP contribution is 2.18. The number of aromatic nitrogens is 3. The summed E-state index contributed by atoms with van der Waals surface area (Å²) in [5.74, 6) is 0.00565. The minimum Gasteiger partial charge on any atom is -0.305 e. The molecular formula is C11H8BrClN4OS. The van der Waals surface area contributed by atoms with Crippen LogP contribution in [0.3, 0.4) is 0 Å². The predicted octanol–water partition coefficient (Wildman–Crippen LogP) is 3.26. The number of anilines is 1. The molecule has 2 heterocycles. The number of hydrogen-bond acceptors (Lipinski definition) is 5. The number of pyridine rings is 1. The zero-order valence-corrected chi connectivity index (χ0v) is 12.9. The first-order chi connectivity index (χ1) is 9.10. The van der Waals surface area contributed by atoms with E-state index < -0.39 is 5.91 Å². The topological polar surface area (TPSA) is 67.8 Å². The summed E-state index contributed by atoms with van der Waals surface area (Å²) in [5, 5.41) is 3.31. The SMILES string of the molecule is CSc1ncc(Cl)c(C(=O)Nc2ccc(Br)cn2)n1. The molecule has 98 valence electrons. The molecule has 19 heavy (non-hydrogen) atoms. The van der Waals surface area contributed by atoms with Gasteiger partial charge in [-0.25, -0.2) is 15.0 Å². The lowest BCUT2D eigenvalue weighted by atomic mass is 10.3. The molecule has 5 nitrogen and oxygen atoms in total. The van der Waals surface area contributed by atoms with Crippen LogP contribution in [0.4, 0.5) is 5.82 Å². The molecule has 2 rings (SSSR count). The van der Waals surface area contributed by atoms with Crippen molar-refractivity contribution in [1.29, 1.82) is 0 Å². The average molecular weight is 360 g/mol. The van der Waals surface area contributed by atoms with Crippen LogP contribution in [0.2, 0.25) is 5.02 Å². The number of nitrogens with one attached hydrogen (secondary N) is 1. The minimum atomic E-state index is -0.419. The predicted molar refractivity (Wildman–Crippen MR) is 78.7 cm³/mol. The Morgan fingerprint density at radius 3 is 2.79 bits per heavy atom. The van der Waals surface area contributed by atoms with E-state index in [9.17, 15) is 4.79 Å². The minimum absolute atomic E-state index is 0.130. The molecule has 1 amide bonds. The second kappa shape index (κ2) is 6.31. The number of hydrogen-bond donors (Lipinski definition) is 1. The van der Waals surface area contributed by atoms with Crippen molar-refractivity contribution in [2.24, 2.45) is 0 Å². The molecule has 0 saturated heterocycles. The molecule has 0 aliphatic heterocycles. The molecule has 0 aliphatic rings. The molecular weight excluding hydrogens is 352 g/mol. The van der Waals surface area contributed by atoms with Crippen molar-refractivity contribution < 1.29 is 4.79 Å². The molecule has 0 aromatic carbocycles. The van der Waals surface area contributed by atoms with Gasteiger partial charge >= 0.3 is 0 Å². The maximum Gasteiger partial charge on any atom is 0.277 e. The van der Waals surface area contributed by atoms with Crippen molar-refractivity contribution in [2.45, 2.75) is 5.16 Å². The molecule has 0 bridgehead atoms. The van der Waals surface area contributed by atoms with E-state index in [2.05, 4.69) is 36.2 Å². The number of rotatable bonds is 3. The number of carbonyl (C=O) groups is 1. The monoisotopic (exact) mass is 358 g/mol. The van der Waals surface area contributed by atoms with Crippen LogP contribution in [0.5, 0.6) is 0 Å². The van der Waals surface area contributed by atoms with Gasteiger partial charge in [-0.2, -0.15) is 0 Å². The standard InChI is InChI=1S/C11H8BrClN4OS/c1-19-11-15-5-7(13)9(17-11)10(18)16-8-3-2-6(12)4-14-8/h2-5H,1H3,(H,14,16,18). The number of carbonyl (C=O) groups excluding carboxylic acids is 1. The summed E-state index contributed by atoms with van der Waals surface area (Å²) in [4.78, 5) is 24.1. The maximum absolute atomic E-state index is 12.0. The Bertz CT molecular complexity index is 608. The van der Waals surface area contributed by atoms with Gasteiger partial charge in [0.15, 0.2) is 10.9 Å². The van der Waals surface area contributed by atoms with Crippen LogP contribution in [0.15, 0.2) is 34.2 Å². The number of nitrogens with zero attached hydrogens (tertiary/aromatic N) is 3. The van der Waals surface area contributed by atoms with Gasteiger partial charge in [0.2, 0.25) is 0 Å². The first kappa shape index (κ1) is 14.2. The van der Waals surface area contributed by atoms with Crippen LogP contribution in [-0.4, -0.2) is 27.1 Å². The van der Waals surface area contributed by atoms with Crippen LogP contribution in [0.1, 0.15) is 10.5 Å². The summed E-state index contributed by atoms with van der Waals surface area (Å²) in [5.41, 5.74) is 0.130. The Morgan fingerprint density at radius 2 is 2.16 bits per heavy atom. The molecule has 0 atom stereocenters. The summed E-state index contributed by atoms with van der Waals surface area (Å²) in [6, 6.07) is 3.45. The van der Waals surface area contributed by atoms with Gasteiger partial charge in [0.05, 0.1) is 11.2 Å². The Balaban J connectivity index is 2.22. The van der Waals surface area contributed by atoms with Crippen LogP contribution in [-0.2, 0) is 0 Å². The Morgan fingerprint density at radius 1 is 1.37 bits per heavy atom. The fourth-order valence-electron chi connectivity index (χ4n) is 1.23. The lowest BCUT2D eigenvalue weighted by Gasteiger charge is -2.06. The first-order valence-electron chi connectivity index (χ1n) is 5.09. The highest BCUT2D eigenvalue weighted by molar-refractivity contribution is 9.10. The fraction of sp³-hybridized carbons (Fsp3) is 0.0909. The molecule has 0 radical (unpaired) electrons. The Kier molecular flexibility index (Phi) is 4.73. The second-order valence-corrected chi connectivity index (χ2v) is 5.47. The van der Waals surface area contributed by atoms with Crippen molar-refractivity contribution in [1.82, 2.24) is 15.0 Å². The molecule has 0 spiro atoms. The third kappa shape index (κ3) is 3.65. The van der Waals surface area contributed by atoms with Crippen molar-refractivity contribution in [2.75, 3.05) is 11.6 Å². The van der Waals surface area contributed by atoms with Crippen molar-refractivity contribution in [3.05, 3.63) is 39.7 Å². The van der Waals surface area contributed by atoms with Gasteiger partial charge in [0.1, 0.15) is 5.82 Å². The molecule has 0 fully saturated rings. The van der Waals surface area contributed by atoms with Gasteiger partial charge in [0, 0.05) is 10.7 Å². The van der Waals surface area contributed by atoms with Crippen LogP contribution >= 0.6 is 39.3 Å². The number of amides is 1. The normalized spacial score (nSPS) is 10.3. The summed E-state index contributed by atoms with van der Waals surface area (Å²) in [6.45, 7) is 0. The molecule has 8 heteroatoms. The van der Waals surface area contributed by atoms with E-state index in [-0.39, 0.29) is 10.7 Å². The van der Waals surface area contributed by atoms with Crippen LogP contribution < -0.4 is 5.32 Å². The van der Waals surface area contributed by atoms with Gasteiger partial charge in [-0.15, -0.1) is 0 Å². The molecule has 0 saturated carbocycles. The van der Waals surface area contributed by atoms with E-state index in [0.29, 0.717) is 11.0 Å². The zero-order chi connectivity index (χ0) is 13.8. The van der Waals surface area contributed by atoms with E-state index in [1.54, 1.807) is 18.3 Å².